The van der Waals surface area contributed by atoms with Crippen molar-refractivity contribution in [2.75, 3.05) is 19.8 Å². The molecule has 2 aliphatic carbocycles. The Morgan fingerprint density at radius 2 is 1.47 bits per heavy atom. The van der Waals surface area contributed by atoms with Gasteiger partial charge in [0, 0.05) is 29.1 Å². The minimum Gasteiger partial charge on any atom is -0.504 e. The maximum atomic E-state index is 13.9. The lowest BCUT2D eigenvalue weighted by atomic mass is 9.49. The van der Waals surface area contributed by atoms with Crippen LogP contribution < -0.4 is 4.74 Å². The van der Waals surface area contributed by atoms with Crippen molar-refractivity contribution in [3.63, 3.8) is 0 Å². The average molecular weight is 673 g/mol. The van der Waals surface area contributed by atoms with Gasteiger partial charge >= 0.3 is 5.97 Å². The fraction of sp³-hybridized carbons (Fsp3) is 0.781. The lowest BCUT2D eigenvalue weighted by molar-refractivity contribution is -0.296. The standard InChI is InChI=1S/C32H48O15/c1-13(10-33)15-9-14-5-6-18-31(2,19(14)22(38)27(15)46-28-25(41)23(39)20(36)16(11-34)44-28)7-4-8-32(18,3)30(43)47-29-26(42)24(40)21(37)17(12-35)45-29/h9,13,16-18,20-21,23-26,28-29,33-42H,4-8,10-12H2,1-3H3. The number of rotatable bonds is 8. The molecule has 2 aliphatic heterocycles. The first-order valence-electron chi connectivity index (χ1n) is 16.1. The van der Waals surface area contributed by atoms with Crippen molar-refractivity contribution in [2.24, 2.45) is 11.3 Å². The molecule has 15 nitrogen and oxygen atoms in total. The highest BCUT2D eigenvalue weighted by Crippen LogP contribution is 2.61. The van der Waals surface area contributed by atoms with Crippen molar-refractivity contribution >= 4 is 5.97 Å². The second-order valence-corrected chi connectivity index (χ2v) is 14.0. The van der Waals surface area contributed by atoms with E-state index < -0.39 is 103 Å². The normalized spacial score (nSPS) is 42.6. The highest BCUT2D eigenvalue weighted by atomic mass is 16.7. The van der Waals surface area contributed by atoms with Gasteiger partial charge in [0.25, 0.3) is 0 Å². The first-order valence-corrected chi connectivity index (χ1v) is 16.1. The lowest BCUT2D eigenvalue weighted by Gasteiger charge is -2.54. The van der Waals surface area contributed by atoms with Crippen LogP contribution in [0.3, 0.4) is 0 Å². The van der Waals surface area contributed by atoms with Crippen LogP contribution in [0.4, 0.5) is 0 Å². The smallest absolute Gasteiger partial charge is 0.314 e. The first-order chi connectivity index (χ1) is 22.1. The molecule has 1 aromatic rings. The predicted molar refractivity (Wildman–Crippen MR) is 159 cm³/mol. The predicted octanol–water partition coefficient (Wildman–Crippen LogP) is -1.98. The van der Waals surface area contributed by atoms with Crippen LogP contribution in [-0.4, -0.2) is 138 Å². The van der Waals surface area contributed by atoms with E-state index in [2.05, 4.69) is 0 Å². The summed E-state index contributed by atoms with van der Waals surface area (Å²) in [7, 11) is 0. The number of benzene rings is 1. The fourth-order valence-corrected chi connectivity index (χ4v) is 8.19. The Bertz CT molecular complexity index is 1290. The van der Waals surface area contributed by atoms with E-state index in [1.807, 2.05) is 6.92 Å². The molecule has 266 valence electrons. The Morgan fingerprint density at radius 1 is 0.894 bits per heavy atom. The molecule has 5 rings (SSSR count). The van der Waals surface area contributed by atoms with Gasteiger partial charge in [-0.1, -0.05) is 26.3 Å². The van der Waals surface area contributed by atoms with E-state index in [1.54, 1.807) is 19.9 Å². The molecule has 0 bridgehead atoms. The van der Waals surface area contributed by atoms with Crippen molar-refractivity contribution < 1.29 is 74.8 Å². The van der Waals surface area contributed by atoms with Crippen molar-refractivity contribution in [3.05, 3.63) is 22.8 Å². The number of aryl methyl sites for hydroxylation is 1. The van der Waals surface area contributed by atoms with Gasteiger partial charge in [-0.2, -0.15) is 0 Å². The third-order valence-corrected chi connectivity index (χ3v) is 11.0. The second-order valence-electron chi connectivity index (χ2n) is 14.0. The van der Waals surface area contributed by atoms with E-state index in [1.165, 1.54) is 0 Å². The molecule has 4 aliphatic rings. The Hall–Kier alpha value is -2.15. The molecule has 0 amide bonds. The number of aromatic hydroxyl groups is 1. The summed E-state index contributed by atoms with van der Waals surface area (Å²) >= 11 is 0. The van der Waals surface area contributed by atoms with E-state index in [0.717, 1.165) is 5.56 Å². The zero-order valence-corrected chi connectivity index (χ0v) is 26.7. The molecule has 14 atom stereocenters. The van der Waals surface area contributed by atoms with E-state index in [4.69, 9.17) is 18.9 Å². The Balaban J connectivity index is 1.50. The third-order valence-electron chi connectivity index (χ3n) is 11.0. The van der Waals surface area contributed by atoms with Gasteiger partial charge in [-0.15, -0.1) is 0 Å². The topological polar surface area (TPSA) is 256 Å². The van der Waals surface area contributed by atoms with Gasteiger partial charge in [-0.05, 0) is 44.1 Å². The van der Waals surface area contributed by atoms with Crippen molar-refractivity contribution in [2.45, 2.75) is 126 Å². The molecular formula is C32H48O15. The van der Waals surface area contributed by atoms with Crippen molar-refractivity contribution in [3.8, 4) is 11.5 Å². The minimum atomic E-state index is -1.76. The number of aliphatic hydroxyl groups is 9. The second kappa shape index (κ2) is 13.6. The number of ether oxygens (including phenoxy) is 4. The number of esters is 1. The van der Waals surface area contributed by atoms with Crippen LogP contribution in [-0.2, 0) is 30.8 Å². The van der Waals surface area contributed by atoms with Crippen LogP contribution in [0.5, 0.6) is 11.5 Å². The van der Waals surface area contributed by atoms with Crippen molar-refractivity contribution in [1.29, 1.82) is 0 Å². The van der Waals surface area contributed by atoms with Crippen LogP contribution in [0.25, 0.3) is 0 Å². The Labute approximate surface area is 271 Å². The van der Waals surface area contributed by atoms with E-state index >= 15 is 0 Å². The van der Waals surface area contributed by atoms with Gasteiger partial charge in [0.2, 0.25) is 12.6 Å². The summed E-state index contributed by atoms with van der Waals surface area (Å²) in [5, 5.41) is 103. The number of phenols is 1. The van der Waals surface area contributed by atoms with Gasteiger partial charge in [0.1, 0.15) is 48.8 Å². The zero-order valence-electron chi connectivity index (χ0n) is 26.7. The molecule has 0 radical (unpaired) electrons. The number of aliphatic hydroxyl groups excluding tert-OH is 9. The summed E-state index contributed by atoms with van der Waals surface area (Å²) in [5.41, 5.74) is -0.333. The molecule has 14 unspecified atom stereocenters. The van der Waals surface area contributed by atoms with E-state index in [-0.39, 0.29) is 18.1 Å². The van der Waals surface area contributed by atoms with E-state index in [0.29, 0.717) is 43.2 Å². The maximum Gasteiger partial charge on any atom is 0.314 e. The van der Waals surface area contributed by atoms with Gasteiger partial charge in [-0.3, -0.25) is 4.79 Å². The molecular weight excluding hydrogens is 624 g/mol. The highest BCUT2D eigenvalue weighted by molar-refractivity contribution is 5.78. The van der Waals surface area contributed by atoms with Gasteiger partial charge in [-0.25, -0.2) is 0 Å². The molecule has 2 heterocycles. The van der Waals surface area contributed by atoms with Gasteiger partial charge < -0.3 is 70.0 Å². The van der Waals surface area contributed by atoms with Gasteiger partial charge in [0.05, 0.1) is 18.6 Å². The molecule has 3 fully saturated rings. The van der Waals surface area contributed by atoms with Crippen LogP contribution in [0, 0.1) is 11.3 Å². The Morgan fingerprint density at radius 3 is 2.04 bits per heavy atom. The molecule has 2 saturated heterocycles. The quantitative estimate of drug-likeness (QED) is 0.134. The van der Waals surface area contributed by atoms with Crippen LogP contribution >= 0.6 is 0 Å². The molecule has 1 saturated carbocycles. The maximum absolute atomic E-state index is 13.9. The van der Waals surface area contributed by atoms with Gasteiger partial charge in [0.15, 0.2) is 11.5 Å². The number of carbonyl (C=O) groups is 1. The number of phenolic OH excluding ortho intramolecular Hbond substituents is 1. The number of fused-ring (bicyclic) bond motifs is 3. The molecule has 10 N–H and O–H groups in total. The summed E-state index contributed by atoms with van der Waals surface area (Å²) in [6.45, 7) is 3.68. The van der Waals surface area contributed by atoms with Crippen LogP contribution in [0.15, 0.2) is 6.07 Å². The minimum absolute atomic E-state index is 0.118. The molecule has 47 heavy (non-hydrogen) atoms. The SMILES string of the molecule is CC(CO)c1cc2c(c(O)c1OC1OC(CO)C(O)C(O)C1O)C1(C)CCCC(C)(C(=O)OC3OC(CO)C(O)C(O)C3O)C1CC2. The summed E-state index contributed by atoms with van der Waals surface area (Å²) < 4.78 is 22.7. The van der Waals surface area contributed by atoms with Crippen LogP contribution in [0.1, 0.15) is 69.1 Å². The number of hydrogen-bond acceptors (Lipinski definition) is 15. The summed E-state index contributed by atoms with van der Waals surface area (Å²) in [6, 6.07) is 1.80. The molecule has 15 heteroatoms. The largest absolute Gasteiger partial charge is 0.504 e. The lowest BCUT2D eigenvalue weighted by Crippen LogP contribution is -2.61. The highest BCUT2D eigenvalue weighted by Gasteiger charge is 2.58. The first kappa shape index (κ1) is 36.1. The number of carbonyl (C=O) groups excluding carboxylic acids is 1. The summed E-state index contributed by atoms with van der Waals surface area (Å²) in [5.74, 6) is -2.09. The number of hydrogen-bond donors (Lipinski definition) is 10. The fourth-order valence-electron chi connectivity index (χ4n) is 8.19. The van der Waals surface area contributed by atoms with Crippen molar-refractivity contribution in [1.82, 2.24) is 0 Å². The summed E-state index contributed by atoms with van der Waals surface area (Å²) in [4.78, 5) is 13.9. The molecule has 0 spiro atoms. The average Bonchev–Trinajstić information content (AvgIpc) is 3.05. The van der Waals surface area contributed by atoms with Crippen LogP contribution in [0.2, 0.25) is 0 Å². The molecule has 1 aromatic carbocycles. The monoisotopic (exact) mass is 672 g/mol. The molecule has 0 aromatic heterocycles. The third kappa shape index (κ3) is 6.03. The zero-order chi connectivity index (χ0) is 34.6. The van der Waals surface area contributed by atoms with E-state index in [9.17, 15) is 55.9 Å². The summed E-state index contributed by atoms with van der Waals surface area (Å²) in [6.07, 6.45) is -13.5. The Kier molecular flexibility index (Phi) is 10.5.